The van der Waals surface area contributed by atoms with E-state index in [0.717, 1.165) is 25.2 Å². The minimum Gasteiger partial charge on any atom is -0.366 e. The summed E-state index contributed by atoms with van der Waals surface area (Å²) in [6, 6.07) is 11.1. The molecule has 0 radical (unpaired) electrons. The first kappa shape index (κ1) is 20.2. The van der Waals surface area contributed by atoms with E-state index in [2.05, 4.69) is 28.9 Å². The molecule has 0 bridgehead atoms. The SMILES string of the molecule is Cc1cc2c(N3CCC[C@H](C(=O)N4CCN(c5ccccc5F)CC4)C3)nccc2s1. The fraction of sp³-hybridized carbons (Fsp3) is 0.417. The Morgan fingerprint density at radius 1 is 1.10 bits per heavy atom. The molecule has 4 heterocycles. The van der Waals surface area contributed by atoms with E-state index in [1.54, 1.807) is 17.4 Å². The molecule has 0 aliphatic carbocycles. The number of carbonyl (C=O) groups is 1. The van der Waals surface area contributed by atoms with Gasteiger partial charge in [-0.15, -0.1) is 11.3 Å². The molecule has 7 heteroatoms. The van der Waals surface area contributed by atoms with Gasteiger partial charge in [0.2, 0.25) is 5.91 Å². The van der Waals surface area contributed by atoms with Crippen LogP contribution < -0.4 is 9.80 Å². The fourth-order valence-electron chi connectivity index (χ4n) is 4.83. The Labute approximate surface area is 186 Å². The Kier molecular flexibility index (Phi) is 5.52. The number of pyridine rings is 1. The third kappa shape index (κ3) is 3.99. The number of benzene rings is 1. The van der Waals surface area contributed by atoms with Crippen molar-refractivity contribution in [3.63, 3.8) is 0 Å². The van der Waals surface area contributed by atoms with Crippen LogP contribution in [0, 0.1) is 18.7 Å². The highest BCUT2D eigenvalue weighted by atomic mass is 32.1. The Hall–Kier alpha value is -2.67. The highest BCUT2D eigenvalue weighted by Gasteiger charge is 2.32. The van der Waals surface area contributed by atoms with Crippen LogP contribution in [0.15, 0.2) is 42.6 Å². The maximum absolute atomic E-state index is 14.1. The number of piperazine rings is 1. The van der Waals surface area contributed by atoms with E-state index in [1.807, 2.05) is 28.1 Å². The lowest BCUT2D eigenvalue weighted by atomic mass is 9.96. The number of piperidine rings is 1. The van der Waals surface area contributed by atoms with Gasteiger partial charge in [0.05, 0.1) is 11.6 Å². The van der Waals surface area contributed by atoms with Crippen LogP contribution >= 0.6 is 11.3 Å². The van der Waals surface area contributed by atoms with Crippen LogP contribution in [0.3, 0.4) is 0 Å². The molecular formula is C24H27FN4OS. The van der Waals surface area contributed by atoms with Gasteiger partial charge in [-0.25, -0.2) is 9.37 Å². The molecular weight excluding hydrogens is 411 g/mol. The molecule has 0 N–H and O–H groups in total. The lowest BCUT2D eigenvalue weighted by molar-refractivity contribution is -0.136. The fourth-order valence-corrected chi connectivity index (χ4v) is 5.75. The first-order valence-electron chi connectivity index (χ1n) is 11.0. The van der Waals surface area contributed by atoms with E-state index in [9.17, 15) is 9.18 Å². The lowest BCUT2D eigenvalue weighted by Crippen LogP contribution is -2.52. The maximum atomic E-state index is 14.1. The van der Waals surface area contributed by atoms with Crippen LogP contribution in [-0.4, -0.2) is 55.1 Å². The van der Waals surface area contributed by atoms with Crippen LogP contribution in [0.1, 0.15) is 17.7 Å². The molecule has 2 aliphatic rings. The van der Waals surface area contributed by atoms with E-state index >= 15 is 0 Å². The molecule has 2 aromatic heterocycles. The van der Waals surface area contributed by atoms with Gasteiger partial charge in [-0.3, -0.25) is 4.79 Å². The molecule has 1 aromatic carbocycles. The highest BCUT2D eigenvalue weighted by molar-refractivity contribution is 7.19. The average molecular weight is 439 g/mol. The van der Waals surface area contributed by atoms with Gasteiger partial charge in [0.25, 0.3) is 0 Å². The first-order chi connectivity index (χ1) is 15.1. The molecule has 2 fully saturated rings. The molecule has 31 heavy (non-hydrogen) atoms. The normalized spacial score (nSPS) is 19.8. The molecule has 0 spiro atoms. The minimum atomic E-state index is -0.199. The summed E-state index contributed by atoms with van der Waals surface area (Å²) in [5.41, 5.74) is 0.628. The summed E-state index contributed by atoms with van der Waals surface area (Å²) in [7, 11) is 0. The largest absolute Gasteiger partial charge is 0.366 e. The molecule has 5 nitrogen and oxygen atoms in total. The zero-order valence-electron chi connectivity index (χ0n) is 17.8. The van der Waals surface area contributed by atoms with Crippen molar-refractivity contribution >= 4 is 38.8 Å². The molecule has 5 rings (SSSR count). The van der Waals surface area contributed by atoms with Gasteiger partial charge >= 0.3 is 0 Å². The molecule has 2 aliphatic heterocycles. The number of anilines is 2. The predicted octanol–water partition coefficient (Wildman–Crippen LogP) is 4.31. The number of carbonyl (C=O) groups excluding carboxylic acids is 1. The van der Waals surface area contributed by atoms with Crippen molar-refractivity contribution in [1.82, 2.24) is 9.88 Å². The number of amides is 1. The average Bonchev–Trinajstić information content (AvgIpc) is 3.19. The van der Waals surface area contributed by atoms with E-state index in [0.29, 0.717) is 38.4 Å². The van der Waals surface area contributed by atoms with Crippen LogP contribution in [0.2, 0.25) is 0 Å². The van der Waals surface area contributed by atoms with E-state index in [4.69, 9.17) is 0 Å². The van der Waals surface area contributed by atoms with E-state index in [-0.39, 0.29) is 17.6 Å². The zero-order chi connectivity index (χ0) is 21.4. The molecule has 1 atom stereocenters. The highest BCUT2D eigenvalue weighted by Crippen LogP contribution is 2.33. The van der Waals surface area contributed by atoms with Gasteiger partial charge in [0.1, 0.15) is 11.6 Å². The second-order valence-electron chi connectivity index (χ2n) is 8.45. The summed E-state index contributed by atoms with van der Waals surface area (Å²) in [5, 5.41) is 1.19. The Morgan fingerprint density at radius 3 is 2.71 bits per heavy atom. The van der Waals surface area contributed by atoms with Crippen LogP contribution in [-0.2, 0) is 4.79 Å². The lowest BCUT2D eigenvalue weighted by Gasteiger charge is -2.40. The number of rotatable bonds is 3. The van der Waals surface area contributed by atoms with Gasteiger partial charge in [-0.2, -0.15) is 0 Å². The molecule has 3 aromatic rings. The van der Waals surface area contributed by atoms with Crippen molar-refractivity contribution in [2.45, 2.75) is 19.8 Å². The van der Waals surface area contributed by atoms with Crippen molar-refractivity contribution in [1.29, 1.82) is 0 Å². The first-order valence-corrected chi connectivity index (χ1v) is 11.8. The van der Waals surface area contributed by atoms with Crippen molar-refractivity contribution in [2.75, 3.05) is 49.1 Å². The number of nitrogens with zero attached hydrogens (tertiary/aromatic N) is 4. The number of aryl methyl sites for hydroxylation is 1. The summed E-state index contributed by atoms with van der Waals surface area (Å²) in [5.74, 6) is 1.02. The molecule has 0 unspecified atom stereocenters. The number of thiophene rings is 1. The number of fused-ring (bicyclic) bond motifs is 1. The quantitative estimate of drug-likeness (QED) is 0.611. The van der Waals surface area contributed by atoms with Crippen molar-refractivity contribution in [3.8, 4) is 0 Å². The van der Waals surface area contributed by atoms with Crippen LogP contribution in [0.5, 0.6) is 0 Å². The van der Waals surface area contributed by atoms with Gasteiger partial charge in [-0.1, -0.05) is 12.1 Å². The summed E-state index contributed by atoms with van der Waals surface area (Å²) < 4.78 is 15.4. The number of para-hydroxylation sites is 1. The topological polar surface area (TPSA) is 39.7 Å². The minimum absolute atomic E-state index is 0.00875. The third-order valence-corrected chi connectivity index (χ3v) is 7.42. The van der Waals surface area contributed by atoms with Crippen molar-refractivity contribution in [2.24, 2.45) is 5.92 Å². The van der Waals surface area contributed by atoms with E-state index in [1.165, 1.54) is 21.0 Å². The Morgan fingerprint density at radius 2 is 1.90 bits per heavy atom. The van der Waals surface area contributed by atoms with Crippen LogP contribution in [0.25, 0.3) is 10.1 Å². The van der Waals surface area contributed by atoms with Gasteiger partial charge in [-0.05, 0) is 44.0 Å². The smallest absolute Gasteiger partial charge is 0.227 e. The van der Waals surface area contributed by atoms with E-state index < -0.39 is 0 Å². The summed E-state index contributed by atoms with van der Waals surface area (Å²) >= 11 is 1.79. The number of hydrogen-bond donors (Lipinski definition) is 0. The van der Waals surface area contributed by atoms with Gasteiger partial charge < -0.3 is 14.7 Å². The van der Waals surface area contributed by atoms with Gasteiger partial charge in [0.15, 0.2) is 0 Å². The number of aromatic nitrogens is 1. The maximum Gasteiger partial charge on any atom is 0.227 e. The Bertz CT molecular complexity index is 1090. The molecule has 162 valence electrons. The monoisotopic (exact) mass is 438 g/mol. The summed E-state index contributed by atoms with van der Waals surface area (Å²) in [4.78, 5) is 25.5. The molecule has 1 amide bonds. The number of hydrogen-bond acceptors (Lipinski definition) is 5. The predicted molar refractivity (Wildman–Crippen MR) is 124 cm³/mol. The molecule has 0 saturated carbocycles. The van der Waals surface area contributed by atoms with Gasteiger partial charge in [0, 0.05) is 60.4 Å². The Balaban J connectivity index is 1.25. The summed E-state index contributed by atoms with van der Waals surface area (Å²) in [6.07, 6.45) is 3.79. The summed E-state index contributed by atoms with van der Waals surface area (Å²) in [6.45, 7) is 6.38. The van der Waals surface area contributed by atoms with Crippen molar-refractivity contribution < 1.29 is 9.18 Å². The molecule has 2 saturated heterocycles. The number of halogens is 1. The standard InChI is InChI=1S/C24H27FN4OS/c1-17-15-19-22(31-17)8-9-26-23(19)29-10-4-5-18(16-29)24(30)28-13-11-27(12-14-28)21-7-3-2-6-20(21)25/h2-3,6-9,15,18H,4-5,10-14,16H2,1H3/t18-/m0/s1. The second kappa shape index (κ2) is 8.46. The third-order valence-electron chi connectivity index (χ3n) is 6.40. The second-order valence-corrected chi connectivity index (χ2v) is 9.74. The van der Waals surface area contributed by atoms with Crippen molar-refractivity contribution in [3.05, 3.63) is 53.3 Å². The zero-order valence-corrected chi connectivity index (χ0v) is 18.6. The van der Waals surface area contributed by atoms with Crippen LogP contribution in [0.4, 0.5) is 15.9 Å².